The molecule has 3 N–H and O–H groups in total. The van der Waals surface area contributed by atoms with Crippen molar-refractivity contribution in [3.63, 3.8) is 0 Å². The summed E-state index contributed by atoms with van der Waals surface area (Å²) in [5.41, 5.74) is 1.42. The van der Waals surface area contributed by atoms with Crippen LogP contribution in [0, 0.1) is 0 Å². The van der Waals surface area contributed by atoms with E-state index in [0.717, 1.165) is 10.0 Å². The molecule has 3 amide bonds. The molecule has 0 fully saturated rings. The van der Waals surface area contributed by atoms with Gasteiger partial charge in [-0.05, 0) is 56.7 Å². The highest BCUT2D eigenvalue weighted by Crippen LogP contribution is 2.13. The van der Waals surface area contributed by atoms with Gasteiger partial charge >= 0.3 is 6.09 Å². The number of carbonyl (C=O) groups excluding carboxylic acids is 3. The van der Waals surface area contributed by atoms with E-state index in [1.807, 2.05) is 6.07 Å². The number of hydrogen-bond acceptors (Lipinski definition) is 4. The molecule has 2 aromatic rings. The zero-order valence-corrected chi connectivity index (χ0v) is 18.1. The normalized spacial score (nSPS) is 10.8. The van der Waals surface area contributed by atoms with Crippen LogP contribution in [0.5, 0.6) is 0 Å². The van der Waals surface area contributed by atoms with Gasteiger partial charge in [0, 0.05) is 22.3 Å². The number of ether oxygens (including phenoxy) is 1. The smallest absolute Gasteiger partial charge is 0.408 e. The van der Waals surface area contributed by atoms with E-state index in [1.165, 1.54) is 0 Å². The number of amides is 3. The number of benzene rings is 2. The zero-order valence-electron chi connectivity index (χ0n) is 16.5. The number of alkyl carbamates (subject to hydrolysis) is 1. The van der Waals surface area contributed by atoms with Crippen LogP contribution >= 0.6 is 15.9 Å². The number of carbonyl (C=O) groups is 3. The van der Waals surface area contributed by atoms with Crippen molar-refractivity contribution >= 4 is 39.5 Å². The molecule has 29 heavy (non-hydrogen) atoms. The van der Waals surface area contributed by atoms with Gasteiger partial charge in [-0.15, -0.1) is 0 Å². The Hall–Kier alpha value is -2.87. The van der Waals surface area contributed by atoms with E-state index in [2.05, 4.69) is 31.9 Å². The minimum absolute atomic E-state index is 0.170. The Morgan fingerprint density at radius 3 is 2.31 bits per heavy atom. The molecule has 0 heterocycles. The lowest BCUT2D eigenvalue weighted by Crippen LogP contribution is -2.37. The third kappa shape index (κ3) is 8.35. The van der Waals surface area contributed by atoms with Gasteiger partial charge in [-0.25, -0.2) is 4.79 Å². The molecule has 154 valence electrons. The first-order valence-corrected chi connectivity index (χ1v) is 9.81. The van der Waals surface area contributed by atoms with Crippen molar-refractivity contribution in [1.29, 1.82) is 0 Å². The fourth-order valence-electron chi connectivity index (χ4n) is 2.29. The van der Waals surface area contributed by atoms with E-state index in [-0.39, 0.29) is 18.4 Å². The molecule has 0 bridgehead atoms. The van der Waals surface area contributed by atoms with Gasteiger partial charge in [0.1, 0.15) is 12.1 Å². The molecule has 8 heteroatoms. The minimum Gasteiger partial charge on any atom is -0.444 e. The Bertz CT molecular complexity index is 876. The van der Waals surface area contributed by atoms with Gasteiger partial charge in [0.15, 0.2) is 0 Å². The molecule has 0 radical (unpaired) electrons. The lowest BCUT2D eigenvalue weighted by Gasteiger charge is -2.19. The van der Waals surface area contributed by atoms with Crippen LogP contribution in [0.2, 0.25) is 0 Å². The third-order valence-electron chi connectivity index (χ3n) is 3.57. The summed E-state index contributed by atoms with van der Waals surface area (Å²) in [4.78, 5) is 35.6. The Morgan fingerprint density at radius 1 is 1.00 bits per heavy atom. The van der Waals surface area contributed by atoms with Crippen LogP contribution in [-0.4, -0.2) is 30.1 Å². The molecule has 2 rings (SSSR count). The van der Waals surface area contributed by atoms with Crippen molar-refractivity contribution in [3.05, 3.63) is 64.1 Å². The van der Waals surface area contributed by atoms with E-state index in [9.17, 15) is 14.4 Å². The maximum absolute atomic E-state index is 12.2. The second-order valence-corrected chi connectivity index (χ2v) is 8.21. The van der Waals surface area contributed by atoms with Crippen molar-refractivity contribution in [2.45, 2.75) is 32.9 Å². The highest BCUT2D eigenvalue weighted by molar-refractivity contribution is 9.10. The quantitative estimate of drug-likeness (QED) is 0.608. The first-order chi connectivity index (χ1) is 13.6. The number of nitrogens with one attached hydrogen (secondary N) is 3. The summed E-state index contributed by atoms with van der Waals surface area (Å²) in [6, 6.07) is 14.2. The van der Waals surface area contributed by atoms with Crippen LogP contribution < -0.4 is 16.0 Å². The van der Waals surface area contributed by atoms with Crippen molar-refractivity contribution < 1.29 is 19.1 Å². The van der Waals surface area contributed by atoms with E-state index < -0.39 is 11.7 Å². The van der Waals surface area contributed by atoms with Gasteiger partial charge in [0.2, 0.25) is 5.91 Å². The van der Waals surface area contributed by atoms with Gasteiger partial charge in [0.25, 0.3) is 5.91 Å². The molecule has 0 saturated carbocycles. The highest BCUT2D eigenvalue weighted by Gasteiger charge is 2.16. The maximum Gasteiger partial charge on any atom is 0.408 e. The Labute approximate surface area is 178 Å². The fraction of sp³-hybridized carbons (Fsp3) is 0.286. The molecule has 0 aromatic heterocycles. The molecule has 0 aliphatic heterocycles. The first kappa shape index (κ1) is 22.4. The van der Waals surface area contributed by atoms with Crippen LogP contribution in [0.1, 0.15) is 36.7 Å². The predicted octanol–water partition coefficient (Wildman–Crippen LogP) is 3.84. The molecule has 2 aromatic carbocycles. The predicted molar refractivity (Wildman–Crippen MR) is 115 cm³/mol. The summed E-state index contributed by atoms with van der Waals surface area (Å²) in [7, 11) is 0. The second-order valence-electron chi connectivity index (χ2n) is 7.29. The molecular weight excluding hydrogens is 438 g/mol. The third-order valence-corrected chi connectivity index (χ3v) is 4.06. The molecule has 0 unspecified atom stereocenters. The van der Waals surface area contributed by atoms with Gasteiger partial charge in [-0.1, -0.05) is 34.1 Å². The molecule has 0 aliphatic carbocycles. The molecule has 0 spiro atoms. The van der Waals surface area contributed by atoms with Crippen molar-refractivity contribution in [2.24, 2.45) is 0 Å². The van der Waals surface area contributed by atoms with Crippen molar-refractivity contribution in [1.82, 2.24) is 10.6 Å². The van der Waals surface area contributed by atoms with E-state index >= 15 is 0 Å². The average Bonchev–Trinajstić information content (AvgIpc) is 2.64. The Kier molecular flexibility index (Phi) is 7.78. The number of hydrogen-bond donors (Lipinski definition) is 3. The van der Waals surface area contributed by atoms with Gasteiger partial charge in [-0.3, -0.25) is 9.59 Å². The minimum atomic E-state index is -0.649. The molecule has 0 atom stereocenters. The molecular formula is C21H24BrN3O4. The largest absolute Gasteiger partial charge is 0.444 e. The molecule has 0 saturated heterocycles. The van der Waals surface area contributed by atoms with Crippen LogP contribution in [0.25, 0.3) is 0 Å². The van der Waals surface area contributed by atoms with Gasteiger partial charge < -0.3 is 20.7 Å². The second kappa shape index (κ2) is 10.1. The average molecular weight is 462 g/mol. The fourth-order valence-corrected chi connectivity index (χ4v) is 2.69. The van der Waals surface area contributed by atoms with Crippen molar-refractivity contribution in [3.8, 4) is 0 Å². The lowest BCUT2D eigenvalue weighted by atomic mass is 10.2. The number of rotatable bonds is 6. The van der Waals surface area contributed by atoms with Gasteiger partial charge in [-0.2, -0.15) is 0 Å². The van der Waals surface area contributed by atoms with Crippen LogP contribution in [0.15, 0.2) is 53.0 Å². The monoisotopic (exact) mass is 461 g/mol. The summed E-state index contributed by atoms with van der Waals surface area (Å²) >= 11 is 3.34. The summed E-state index contributed by atoms with van der Waals surface area (Å²) in [5.74, 6) is -0.538. The summed E-state index contributed by atoms with van der Waals surface area (Å²) < 4.78 is 5.91. The van der Waals surface area contributed by atoms with Crippen LogP contribution in [-0.2, 0) is 16.1 Å². The van der Waals surface area contributed by atoms with Gasteiger partial charge in [0.05, 0.1) is 0 Å². The van der Waals surface area contributed by atoms with Crippen LogP contribution in [0.3, 0.4) is 0 Å². The molecule has 7 nitrogen and oxygen atoms in total. The highest BCUT2D eigenvalue weighted by atomic mass is 79.9. The topological polar surface area (TPSA) is 96.5 Å². The Morgan fingerprint density at radius 2 is 1.69 bits per heavy atom. The zero-order chi connectivity index (χ0) is 21.4. The summed E-state index contributed by atoms with van der Waals surface area (Å²) in [6.45, 7) is 5.40. The number of anilines is 1. The summed E-state index contributed by atoms with van der Waals surface area (Å²) in [5, 5.41) is 7.93. The maximum atomic E-state index is 12.2. The summed E-state index contributed by atoms with van der Waals surface area (Å²) in [6.07, 6.45) is -0.649. The van der Waals surface area contributed by atoms with E-state index in [4.69, 9.17) is 4.74 Å². The van der Waals surface area contributed by atoms with E-state index in [1.54, 1.807) is 63.2 Å². The molecule has 0 aliphatic rings. The standard InChI is InChI=1S/C21H24BrN3O4/c1-21(2,3)29-20(28)24-13-18(26)25-17-9-7-14(8-10-17)12-23-19(27)15-5-4-6-16(22)11-15/h4-11H,12-13H2,1-3H3,(H,23,27)(H,24,28)(H,25,26). The SMILES string of the molecule is CC(C)(C)OC(=O)NCC(=O)Nc1ccc(CNC(=O)c2cccc(Br)c2)cc1. The lowest BCUT2D eigenvalue weighted by molar-refractivity contribution is -0.115. The first-order valence-electron chi connectivity index (χ1n) is 9.02. The Balaban J connectivity index is 1.78. The van der Waals surface area contributed by atoms with Crippen LogP contribution in [0.4, 0.5) is 10.5 Å². The van der Waals surface area contributed by atoms with E-state index in [0.29, 0.717) is 17.8 Å². The van der Waals surface area contributed by atoms with Crippen molar-refractivity contribution in [2.75, 3.05) is 11.9 Å². The number of halogens is 1.